The number of amides is 3. The van der Waals surface area contributed by atoms with Crippen LogP contribution >= 0.6 is 11.6 Å². The summed E-state index contributed by atoms with van der Waals surface area (Å²) in [6.45, 7) is 1.67. The van der Waals surface area contributed by atoms with E-state index in [0.29, 0.717) is 12.0 Å². The Morgan fingerprint density at radius 2 is 2.10 bits per heavy atom. The standard InChI is InChI=1S/C20H25ClFN3O4/c1-12(26)24-16-3-2-4-17(10-16)25-6-5-20(29,19(25)28)18(27)23-11-13-7-14(21)9-15(22)8-13/h7-9,16-17,29H,2-6,10-11H2,1H3,(H,23,27)(H,24,26). The minimum absolute atomic E-state index is 0.0110. The second-order valence-corrected chi connectivity index (χ2v) is 8.22. The average molecular weight is 426 g/mol. The number of hydrogen-bond acceptors (Lipinski definition) is 4. The predicted octanol–water partition coefficient (Wildman–Crippen LogP) is 1.51. The van der Waals surface area contributed by atoms with Crippen LogP contribution in [0.1, 0.15) is 44.6 Å². The summed E-state index contributed by atoms with van der Waals surface area (Å²) in [4.78, 5) is 38.3. The Morgan fingerprint density at radius 3 is 2.79 bits per heavy atom. The van der Waals surface area contributed by atoms with Crippen molar-refractivity contribution in [3.8, 4) is 0 Å². The maximum Gasteiger partial charge on any atom is 0.264 e. The molecule has 1 aromatic rings. The van der Waals surface area contributed by atoms with Gasteiger partial charge in [0.2, 0.25) is 11.5 Å². The molecule has 0 aromatic heterocycles. The topological polar surface area (TPSA) is 98.7 Å². The fourth-order valence-electron chi connectivity index (χ4n) is 4.19. The molecule has 3 unspecified atom stereocenters. The van der Waals surface area contributed by atoms with E-state index in [1.54, 1.807) is 4.90 Å². The highest BCUT2D eigenvalue weighted by molar-refractivity contribution is 6.30. The molecule has 0 spiro atoms. The van der Waals surface area contributed by atoms with Gasteiger partial charge in [0.15, 0.2) is 0 Å². The van der Waals surface area contributed by atoms with Gasteiger partial charge >= 0.3 is 0 Å². The van der Waals surface area contributed by atoms with E-state index < -0.39 is 23.2 Å². The lowest BCUT2D eigenvalue weighted by Gasteiger charge is -2.36. The van der Waals surface area contributed by atoms with Crippen molar-refractivity contribution in [1.82, 2.24) is 15.5 Å². The summed E-state index contributed by atoms with van der Waals surface area (Å²) in [6.07, 6.45) is 3.05. The highest BCUT2D eigenvalue weighted by atomic mass is 35.5. The van der Waals surface area contributed by atoms with E-state index in [9.17, 15) is 23.9 Å². The fraction of sp³-hybridized carbons (Fsp3) is 0.550. The fourth-order valence-corrected chi connectivity index (χ4v) is 4.44. The summed E-state index contributed by atoms with van der Waals surface area (Å²) in [5, 5.41) is 16.3. The van der Waals surface area contributed by atoms with E-state index in [1.165, 1.54) is 19.1 Å². The number of aliphatic hydroxyl groups is 1. The molecule has 3 rings (SSSR count). The molecule has 1 heterocycles. The van der Waals surface area contributed by atoms with Crippen LogP contribution in [0.15, 0.2) is 18.2 Å². The van der Waals surface area contributed by atoms with Crippen molar-refractivity contribution in [2.75, 3.05) is 6.54 Å². The van der Waals surface area contributed by atoms with Crippen molar-refractivity contribution in [3.63, 3.8) is 0 Å². The number of halogens is 2. The molecule has 1 aliphatic carbocycles. The Hall–Kier alpha value is -2.19. The van der Waals surface area contributed by atoms with Crippen LogP contribution in [0.25, 0.3) is 0 Å². The van der Waals surface area contributed by atoms with Gasteiger partial charge in [0.1, 0.15) is 5.82 Å². The number of carbonyl (C=O) groups excluding carboxylic acids is 3. The Morgan fingerprint density at radius 1 is 1.34 bits per heavy atom. The molecule has 9 heteroatoms. The molecule has 3 N–H and O–H groups in total. The van der Waals surface area contributed by atoms with Gasteiger partial charge in [0, 0.05) is 43.5 Å². The molecule has 3 atom stereocenters. The van der Waals surface area contributed by atoms with Gasteiger partial charge in [0.25, 0.3) is 11.8 Å². The first-order chi connectivity index (χ1) is 13.7. The van der Waals surface area contributed by atoms with Crippen LogP contribution in [-0.2, 0) is 20.9 Å². The first-order valence-corrected chi connectivity index (χ1v) is 10.1. The van der Waals surface area contributed by atoms with Crippen molar-refractivity contribution in [2.24, 2.45) is 0 Å². The third kappa shape index (κ3) is 4.87. The van der Waals surface area contributed by atoms with Gasteiger partial charge in [-0.3, -0.25) is 14.4 Å². The van der Waals surface area contributed by atoms with Crippen molar-refractivity contribution in [1.29, 1.82) is 0 Å². The monoisotopic (exact) mass is 425 g/mol. The van der Waals surface area contributed by atoms with E-state index in [0.717, 1.165) is 25.3 Å². The SMILES string of the molecule is CC(=O)NC1CCCC(N2CCC(O)(C(=O)NCc3cc(F)cc(Cl)c3)C2=O)C1. The highest BCUT2D eigenvalue weighted by Gasteiger charge is 2.53. The summed E-state index contributed by atoms with van der Waals surface area (Å²) >= 11 is 5.80. The van der Waals surface area contributed by atoms with E-state index in [1.807, 2.05) is 0 Å². The van der Waals surface area contributed by atoms with Crippen LogP contribution in [-0.4, -0.2) is 52.0 Å². The van der Waals surface area contributed by atoms with Crippen LogP contribution < -0.4 is 10.6 Å². The molecule has 2 fully saturated rings. The summed E-state index contributed by atoms with van der Waals surface area (Å²) < 4.78 is 13.4. The van der Waals surface area contributed by atoms with Gasteiger partial charge in [-0.15, -0.1) is 0 Å². The molecule has 1 aliphatic heterocycles. The number of nitrogens with zero attached hydrogens (tertiary/aromatic N) is 1. The molecule has 29 heavy (non-hydrogen) atoms. The summed E-state index contributed by atoms with van der Waals surface area (Å²) in [6, 6.07) is 3.73. The second kappa shape index (κ2) is 8.67. The van der Waals surface area contributed by atoms with Gasteiger partial charge < -0.3 is 20.6 Å². The number of rotatable bonds is 5. The lowest BCUT2D eigenvalue weighted by molar-refractivity contribution is -0.155. The van der Waals surface area contributed by atoms with E-state index in [4.69, 9.17) is 11.6 Å². The van der Waals surface area contributed by atoms with Crippen LogP contribution in [0.4, 0.5) is 4.39 Å². The summed E-state index contributed by atoms with van der Waals surface area (Å²) in [5.74, 6) is -2.08. The van der Waals surface area contributed by atoms with Crippen LogP contribution in [0.5, 0.6) is 0 Å². The largest absolute Gasteiger partial charge is 0.372 e. The molecule has 1 saturated carbocycles. The normalized spacial score (nSPS) is 27.0. The minimum Gasteiger partial charge on any atom is -0.372 e. The molecule has 1 aromatic carbocycles. The van der Waals surface area contributed by atoms with E-state index in [-0.39, 0.29) is 42.5 Å². The first kappa shape index (κ1) is 21.5. The smallest absolute Gasteiger partial charge is 0.264 e. The molecule has 0 bridgehead atoms. The van der Waals surface area contributed by atoms with E-state index in [2.05, 4.69) is 10.6 Å². The maximum absolute atomic E-state index is 13.4. The zero-order valence-corrected chi connectivity index (χ0v) is 17.0. The molecule has 2 aliphatic rings. The Balaban J connectivity index is 1.62. The third-order valence-corrected chi connectivity index (χ3v) is 5.79. The highest BCUT2D eigenvalue weighted by Crippen LogP contribution is 2.31. The molecular formula is C20H25ClFN3O4. The van der Waals surface area contributed by atoms with Crippen LogP contribution in [0.2, 0.25) is 5.02 Å². The maximum atomic E-state index is 13.4. The van der Waals surface area contributed by atoms with Crippen molar-refractivity contribution in [3.05, 3.63) is 34.6 Å². The predicted molar refractivity (Wildman–Crippen MR) is 104 cm³/mol. The first-order valence-electron chi connectivity index (χ1n) is 9.73. The van der Waals surface area contributed by atoms with Gasteiger partial charge in [0.05, 0.1) is 0 Å². The molecule has 1 saturated heterocycles. The zero-order valence-electron chi connectivity index (χ0n) is 16.2. The molecule has 3 amide bonds. The average Bonchev–Trinajstić information content (AvgIpc) is 2.95. The number of likely N-dealkylation sites (tertiary alicyclic amines) is 1. The second-order valence-electron chi connectivity index (χ2n) is 7.79. The summed E-state index contributed by atoms with van der Waals surface area (Å²) in [5.41, 5.74) is -1.71. The third-order valence-electron chi connectivity index (χ3n) is 5.57. The minimum atomic E-state index is -2.14. The van der Waals surface area contributed by atoms with E-state index >= 15 is 0 Å². The summed E-state index contributed by atoms with van der Waals surface area (Å²) in [7, 11) is 0. The molecule has 158 valence electrons. The zero-order chi connectivity index (χ0) is 21.2. The van der Waals surface area contributed by atoms with Crippen molar-refractivity contribution >= 4 is 29.3 Å². The molecular weight excluding hydrogens is 401 g/mol. The van der Waals surface area contributed by atoms with Crippen molar-refractivity contribution in [2.45, 2.75) is 63.3 Å². The number of nitrogens with one attached hydrogen (secondary N) is 2. The molecule has 0 radical (unpaired) electrons. The Labute approximate surface area is 173 Å². The number of hydrogen-bond donors (Lipinski definition) is 3. The lowest BCUT2D eigenvalue weighted by atomic mass is 9.90. The molecule has 7 nitrogen and oxygen atoms in total. The van der Waals surface area contributed by atoms with Gasteiger partial charge in [-0.05, 0) is 49.4 Å². The number of carbonyl (C=O) groups is 3. The quantitative estimate of drug-likeness (QED) is 0.623. The van der Waals surface area contributed by atoms with Crippen LogP contribution in [0.3, 0.4) is 0 Å². The Kier molecular flexibility index (Phi) is 6.43. The number of benzene rings is 1. The lowest BCUT2D eigenvalue weighted by Crippen LogP contribution is -2.54. The van der Waals surface area contributed by atoms with Crippen molar-refractivity contribution < 1.29 is 23.9 Å². The van der Waals surface area contributed by atoms with Crippen LogP contribution in [0, 0.1) is 5.82 Å². The van der Waals surface area contributed by atoms with Gasteiger partial charge in [-0.2, -0.15) is 0 Å². The Bertz CT molecular complexity index is 801. The van der Waals surface area contributed by atoms with Gasteiger partial charge in [-0.25, -0.2) is 4.39 Å². The van der Waals surface area contributed by atoms with Gasteiger partial charge in [-0.1, -0.05) is 11.6 Å².